The lowest BCUT2D eigenvalue weighted by molar-refractivity contribution is -0.393. The number of hydrogen-bond acceptors (Lipinski definition) is 12. The molecule has 0 atom stereocenters. The van der Waals surface area contributed by atoms with Crippen LogP contribution in [0.3, 0.4) is 0 Å². The van der Waals surface area contributed by atoms with Gasteiger partial charge in [-0.05, 0) is 37.8 Å². The van der Waals surface area contributed by atoms with Gasteiger partial charge in [-0.1, -0.05) is 0 Å². The second kappa shape index (κ2) is 12.6. The summed E-state index contributed by atoms with van der Waals surface area (Å²) in [6.45, 7) is 0. The van der Waals surface area contributed by atoms with Crippen LogP contribution in [0, 0.1) is 40.5 Å². The average molecular weight is 562 g/mol. The smallest absolute Gasteiger partial charge is 0.333 e. The number of non-ortho nitro benzene ring substituents is 2. The summed E-state index contributed by atoms with van der Waals surface area (Å²) in [5, 5.41) is 49.4. The minimum atomic E-state index is -0.831. The van der Waals surface area contributed by atoms with Gasteiger partial charge >= 0.3 is 23.4 Å². The monoisotopic (exact) mass is 562 g/mol. The van der Waals surface area contributed by atoms with Gasteiger partial charge in [0.15, 0.2) is 0 Å². The third-order valence-electron chi connectivity index (χ3n) is 5.80. The number of hydrazine groups is 2. The van der Waals surface area contributed by atoms with Crippen molar-refractivity contribution >= 4 is 46.2 Å². The van der Waals surface area contributed by atoms with Crippen molar-refractivity contribution < 1.29 is 29.3 Å². The summed E-state index contributed by atoms with van der Waals surface area (Å²) in [5.41, 5.74) is 6.72. The zero-order valence-electron chi connectivity index (χ0n) is 20.3. The van der Waals surface area contributed by atoms with Crippen molar-refractivity contribution in [3.05, 3.63) is 76.9 Å². The van der Waals surface area contributed by atoms with Crippen molar-refractivity contribution in [2.45, 2.75) is 37.8 Å². The number of amides is 4. The van der Waals surface area contributed by atoms with E-state index in [0.717, 1.165) is 36.4 Å². The van der Waals surface area contributed by atoms with Gasteiger partial charge in [0.05, 0.1) is 31.8 Å². The van der Waals surface area contributed by atoms with E-state index in [2.05, 4.69) is 32.3 Å². The van der Waals surface area contributed by atoms with E-state index in [1.165, 1.54) is 0 Å². The number of benzene rings is 2. The van der Waals surface area contributed by atoms with Crippen LogP contribution in [-0.2, 0) is 0 Å². The van der Waals surface area contributed by atoms with Crippen LogP contribution < -0.4 is 32.3 Å². The third kappa shape index (κ3) is 7.60. The molecule has 20 heteroatoms. The molecule has 1 saturated carbocycles. The standard InChI is InChI=1S/C20H22N10O10/c31-19(25-23-15-7-5-13(27(33)34)9-17(15)29(37)38)21-11-1-2-12(4-3-11)22-20(32)26-24-16-8-6-14(28(35)36)10-18(16)30(39)40/h5-12,23-24H,1-4H2,(H2,21,25,31)(H2,22,26,32). The molecule has 0 aromatic heterocycles. The van der Waals surface area contributed by atoms with E-state index in [-0.39, 0.29) is 23.5 Å². The number of nitro benzene ring substituents is 4. The van der Waals surface area contributed by atoms with Crippen LogP contribution >= 0.6 is 0 Å². The van der Waals surface area contributed by atoms with Gasteiger partial charge in [0.25, 0.3) is 11.4 Å². The topological polar surface area (TPSA) is 279 Å². The minimum Gasteiger partial charge on any atom is -0.334 e. The lowest BCUT2D eigenvalue weighted by atomic mass is 9.91. The Morgan fingerprint density at radius 2 is 0.950 bits per heavy atom. The minimum absolute atomic E-state index is 0.155. The Bertz CT molecular complexity index is 1240. The van der Waals surface area contributed by atoms with E-state index in [4.69, 9.17) is 0 Å². The molecule has 1 aliphatic carbocycles. The molecule has 0 radical (unpaired) electrons. The molecule has 0 unspecified atom stereocenters. The third-order valence-corrected chi connectivity index (χ3v) is 5.80. The van der Waals surface area contributed by atoms with Gasteiger partial charge in [0.1, 0.15) is 11.4 Å². The van der Waals surface area contributed by atoms with E-state index in [1.807, 2.05) is 0 Å². The van der Waals surface area contributed by atoms with Crippen molar-refractivity contribution in [3.63, 3.8) is 0 Å². The summed E-state index contributed by atoms with van der Waals surface area (Å²) in [6.07, 6.45) is 1.88. The molecule has 212 valence electrons. The van der Waals surface area contributed by atoms with E-state index in [0.29, 0.717) is 25.7 Å². The number of urea groups is 2. The van der Waals surface area contributed by atoms with E-state index < -0.39 is 54.5 Å². The maximum absolute atomic E-state index is 12.2. The first-order chi connectivity index (χ1) is 18.9. The van der Waals surface area contributed by atoms with E-state index in [9.17, 15) is 50.0 Å². The van der Waals surface area contributed by atoms with Gasteiger partial charge in [-0.3, -0.25) is 62.2 Å². The first-order valence-electron chi connectivity index (χ1n) is 11.4. The van der Waals surface area contributed by atoms with Gasteiger partial charge < -0.3 is 10.6 Å². The quantitative estimate of drug-likeness (QED) is 0.180. The van der Waals surface area contributed by atoms with Crippen molar-refractivity contribution in [2.24, 2.45) is 0 Å². The van der Waals surface area contributed by atoms with Gasteiger partial charge in [0, 0.05) is 24.2 Å². The lowest BCUT2D eigenvalue weighted by Crippen LogP contribution is -2.49. The summed E-state index contributed by atoms with van der Waals surface area (Å²) in [5.74, 6) is 0. The fourth-order valence-electron chi connectivity index (χ4n) is 3.85. The Hall–Kier alpha value is -5.82. The van der Waals surface area contributed by atoms with Crippen LogP contribution in [-0.4, -0.2) is 43.8 Å². The molecule has 0 bridgehead atoms. The first kappa shape index (κ1) is 28.7. The highest BCUT2D eigenvalue weighted by molar-refractivity contribution is 5.78. The highest BCUT2D eigenvalue weighted by Crippen LogP contribution is 2.29. The summed E-state index contributed by atoms with van der Waals surface area (Å²) in [6, 6.07) is 3.83. The highest BCUT2D eigenvalue weighted by Gasteiger charge is 2.25. The second-order valence-corrected chi connectivity index (χ2v) is 8.43. The Kier molecular flexibility index (Phi) is 9.07. The van der Waals surface area contributed by atoms with Gasteiger partial charge in [-0.25, -0.2) is 9.59 Å². The Morgan fingerprint density at radius 3 is 1.25 bits per heavy atom. The predicted molar refractivity (Wildman–Crippen MR) is 136 cm³/mol. The van der Waals surface area contributed by atoms with Crippen molar-refractivity contribution in [2.75, 3.05) is 10.9 Å². The Balaban J connectivity index is 1.43. The van der Waals surface area contributed by atoms with E-state index in [1.54, 1.807) is 0 Å². The number of hydrogen-bond donors (Lipinski definition) is 6. The number of nitro groups is 4. The van der Waals surface area contributed by atoms with Crippen LogP contribution in [0.4, 0.5) is 43.7 Å². The van der Waals surface area contributed by atoms with Crippen molar-refractivity contribution in [3.8, 4) is 0 Å². The molecule has 40 heavy (non-hydrogen) atoms. The van der Waals surface area contributed by atoms with Crippen molar-refractivity contribution in [1.82, 2.24) is 21.5 Å². The zero-order valence-corrected chi connectivity index (χ0v) is 20.3. The highest BCUT2D eigenvalue weighted by atomic mass is 16.6. The molecule has 0 aliphatic heterocycles. The van der Waals surface area contributed by atoms with Gasteiger partial charge in [-0.15, -0.1) is 0 Å². The molecule has 0 spiro atoms. The number of rotatable bonds is 10. The molecule has 20 nitrogen and oxygen atoms in total. The summed E-state index contributed by atoms with van der Waals surface area (Å²) in [4.78, 5) is 65.2. The summed E-state index contributed by atoms with van der Waals surface area (Å²) < 4.78 is 0. The molecule has 6 N–H and O–H groups in total. The van der Waals surface area contributed by atoms with Crippen molar-refractivity contribution in [1.29, 1.82) is 0 Å². The normalized spacial score (nSPS) is 16.1. The number of nitrogens with one attached hydrogen (secondary N) is 6. The molecule has 1 aliphatic rings. The second-order valence-electron chi connectivity index (χ2n) is 8.43. The molecule has 4 amide bonds. The largest absolute Gasteiger partial charge is 0.334 e. The molecule has 2 aromatic rings. The van der Waals surface area contributed by atoms with Gasteiger partial charge in [0.2, 0.25) is 0 Å². The molecule has 1 fully saturated rings. The van der Waals surface area contributed by atoms with E-state index >= 15 is 0 Å². The molecule has 3 rings (SSSR count). The molecular weight excluding hydrogens is 540 g/mol. The van der Waals surface area contributed by atoms with Gasteiger partial charge in [-0.2, -0.15) is 0 Å². The molecule has 0 heterocycles. The SMILES string of the molecule is O=C(NNc1ccc([N+](=O)[O-])cc1[N+](=O)[O-])NC1CCC(NC(=O)NNc2ccc([N+](=O)[O-])cc2[N+](=O)[O-])CC1. The lowest BCUT2D eigenvalue weighted by Gasteiger charge is -2.29. The number of carbonyl (C=O) groups is 2. The maximum atomic E-state index is 12.2. The van der Waals surface area contributed by atoms with Crippen LogP contribution in [0.1, 0.15) is 25.7 Å². The Morgan fingerprint density at radius 1 is 0.600 bits per heavy atom. The first-order valence-corrected chi connectivity index (χ1v) is 11.4. The summed E-state index contributed by atoms with van der Waals surface area (Å²) >= 11 is 0. The summed E-state index contributed by atoms with van der Waals surface area (Å²) in [7, 11) is 0. The average Bonchev–Trinajstić information content (AvgIpc) is 2.91. The Labute approximate surface area is 223 Å². The van der Waals surface area contributed by atoms with Crippen LogP contribution in [0.15, 0.2) is 36.4 Å². The number of carbonyl (C=O) groups excluding carboxylic acids is 2. The fourth-order valence-corrected chi connectivity index (χ4v) is 3.85. The van der Waals surface area contributed by atoms with Crippen LogP contribution in [0.25, 0.3) is 0 Å². The molecule has 0 saturated heterocycles. The van der Waals surface area contributed by atoms with Crippen LogP contribution in [0.5, 0.6) is 0 Å². The molecular formula is C20H22N10O10. The number of anilines is 2. The predicted octanol–water partition coefficient (Wildman–Crippen LogP) is 2.58. The number of nitrogens with zero attached hydrogens (tertiary/aromatic N) is 4. The maximum Gasteiger partial charge on any atom is 0.333 e. The fraction of sp³-hybridized carbons (Fsp3) is 0.300. The zero-order chi connectivity index (χ0) is 29.4. The molecule has 2 aromatic carbocycles. The van der Waals surface area contributed by atoms with Crippen LogP contribution in [0.2, 0.25) is 0 Å².